The predicted octanol–water partition coefficient (Wildman–Crippen LogP) is 1.10. The highest BCUT2D eigenvalue weighted by Gasteiger charge is 2.09. The Kier molecular flexibility index (Phi) is 3.19. The summed E-state index contributed by atoms with van der Waals surface area (Å²) >= 11 is 0. The smallest absolute Gasteiger partial charge is 0.220 e. The highest BCUT2D eigenvalue weighted by atomic mass is 15.0. The van der Waals surface area contributed by atoms with E-state index in [2.05, 4.69) is 23.8 Å². The van der Waals surface area contributed by atoms with Gasteiger partial charge in [-0.25, -0.2) is 9.97 Å². The summed E-state index contributed by atoms with van der Waals surface area (Å²) in [7, 11) is 0. The van der Waals surface area contributed by atoms with Crippen molar-refractivity contribution in [2.45, 2.75) is 26.3 Å². The third-order valence-corrected chi connectivity index (χ3v) is 1.80. The number of rotatable bonds is 3. The van der Waals surface area contributed by atoms with Crippen LogP contribution in [0.1, 0.15) is 32.0 Å². The van der Waals surface area contributed by atoms with Crippen LogP contribution in [0.15, 0.2) is 12.3 Å². The third kappa shape index (κ3) is 2.99. The van der Waals surface area contributed by atoms with Crippen LogP contribution < -0.4 is 11.5 Å². The number of hydrogen-bond donors (Lipinski definition) is 2. The lowest BCUT2D eigenvalue weighted by atomic mass is 10.0. The van der Waals surface area contributed by atoms with Gasteiger partial charge in [-0.2, -0.15) is 0 Å². The van der Waals surface area contributed by atoms with E-state index in [1.54, 1.807) is 6.20 Å². The summed E-state index contributed by atoms with van der Waals surface area (Å²) < 4.78 is 0. The first-order valence-electron chi connectivity index (χ1n) is 4.43. The fourth-order valence-corrected chi connectivity index (χ4v) is 1.22. The molecule has 72 valence electrons. The Morgan fingerprint density at radius 2 is 2.15 bits per heavy atom. The van der Waals surface area contributed by atoms with Gasteiger partial charge in [0.2, 0.25) is 5.95 Å². The summed E-state index contributed by atoms with van der Waals surface area (Å²) in [6, 6.07) is 1.77. The molecule has 1 aromatic rings. The zero-order chi connectivity index (χ0) is 9.84. The molecule has 0 radical (unpaired) electrons. The van der Waals surface area contributed by atoms with Crippen molar-refractivity contribution in [1.29, 1.82) is 0 Å². The van der Waals surface area contributed by atoms with Gasteiger partial charge in [-0.3, -0.25) is 0 Å². The lowest BCUT2D eigenvalue weighted by molar-refractivity contribution is 0.502. The van der Waals surface area contributed by atoms with Crippen LogP contribution in [0.5, 0.6) is 0 Å². The lowest BCUT2D eigenvalue weighted by Gasteiger charge is -2.12. The Hall–Kier alpha value is -1.16. The van der Waals surface area contributed by atoms with Crippen LogP contribution in [0.25, 0.3) is 0 Å². The van der Waals surface area contributed by atoms with E-state index in [0.29, 0.717) is 5.92 Å². The van der Waals surface area contributed by atoms with Crippen LogP contribution in [0.4, 0.5) is 5.95 Å². The van der Waals surface area contributed by atoms with Gasteiger partial charge in [-0.15, -0.1) is 0 Å². The molecule has 4 nitrogen and oxygen atoms in total. The minimum absolute atomic E-state index is 0.0368. The van der Waals surface area contributed by atoms with E-state index >= 15 is 0 Å². The second kappa shape index (κ2) is 4.18. The standard InChI is InChI=1S/C9H16N4/c1-6(2)5-7(10)8-3-4-12-9(11)13-8/h3-4,6-7H,5,10H2,1-2H3,(H2,11,12,13)/t7-/m1/s1. The van der Waals surface area contributed by atoms with Crippen molar-refractivity contribution in [3.05, 3.63) is 18.0 Å². The van der Waals surface area contributed by atoms with Crippen molar-refractivity contribution in [2.24, 2.45) is 11.7 Å². The minimum atomic E-state index is -0.0368. The molecule has 0 aliphatic carbocycles. The van der Waals surface area contributed by atoms with Gasteiger partial charge < -0.3 is 11.5 Å². The minimum Gasteiger partial charge on any atom is -0.368 e. The van der Waals surface area contributed by atoms with E-state index in [1.807, 2.05) is 6.07 Å². The van der Waals surface area contributed by atoms with Crippen LogP contribution in [-0.2, 0) is 0 Å². The number of aromatic nitrogens is 2. The number of nitrogens with two attached hydrogens (primary N) is 2. The molecule has 1 atom stereocenters. The van der Waals surface area contributed by atoms with Gasteiger partial charge >= 0.3 is 0 Å². The molecule has 1 heterocycles. The summed E-state index contributed by atoms with van der Waals surface area (Å²) in [5.41, 5.74) is 12.2. The van der Waals surface area contributed by atoms with Gasteiger partial charge in [0.25, 0.3) is 0 Å². The largest absolute Gasteiger partial charge is 0.368 e. The first-order chi connectivity index (χ1) is 6.09. The van der Waals surface area contributed by atoms with Gasteiger partial charge in [-0.1, -0.05) is 13.8 Å². The monoisotopic (exact) mass is 180 g/mol. The Morgan fingerprint density at radius 3 is 2.69 bits per heavy atom. The number of nitrogens with zero attached hydrogens (tertiary/aromatic N) is 2. The number of anilines is 1. The van der Waals surface area contributed by atoms with E-state index in [9.17, 15) is 0 Å². The van der Waals surface area contributed by atoms with Crippen LogP contribution in [-0.4, -0.2) is 9.97 Å². The van der Waals surface area contributed by atoms with E-state index in [1.165, 1.54) is 0 Å². The zero-order valence-corrected chi connectivity index (χ0v) is 8.07. The summed E-state index contributed by atoms with van der Waals surface area (Å²) in [5, 5.41) is 0. The first kappa shape index (κ1) is 9.92. The molecule has 0 saturated heterocycles. The molecule has 0 spiro atoms. The third-order valence-electron chi connectivity index (χ3n) is 1.80. The Labute approximate surface area is 78.4 Å². The van der Waals surface area contributed by atoms with Gasteiger partial charge in [0.1, 0.15) is 0 Å². The molecule has 0 saturated carbocycles. The molecule has 0 aliphatic rings. The molecule has 0 unspecified atom stereocenters. The second-order valence-electron chi connectivity index (χ2n) is 3.58. The Bertz CT molecular complexity index is 272. The van der Waals surface area contributed by atoms with Crippen molar-refractivity contribution in [1.82, 2.24) is 9.97 Å². The van der Waals surface area contributed by atoms with Crippen LogP contribution in [0, 0.1) is 5.92 Å². The molecule has 4 heteroatoms. The van der Waals surface area contributed by atoms with Crippen molar-refractivity contribution in [3.63, 3.8) is 0 Å². The van der Waals surface area contributed by atoms with Gasteiger partial charge in [0.05, 0.1) is 5.69 Å². The molecule has 1 aromatic heterocycles. The van der Waals surface area contributed by atoms with Crippen molar-refractivity contribution < 1.29 is 0 Å². The molecule has 13 heavy (non-hydrogen) atoms. The highest BCUT2D eigenvalue weighted by Crippen LogP contribution is 2.16. The number of nitrogen functional groups attached to an aromatic ring is 1. The molecule has 4 N–H and O–H groups in total. The summed E-state index contributed by atoms with van der Waals surface area (Å²) in [4.78, 5) is 7.88. The van der Waals surface area contributed by atoms with Gasteiger partial charge in [-0.05, 0) is 18.4 Å². The second-order valence-corrected chi connectivity index (χ2v) is 3.58. The molecule has 0 amide bonds. The molecule has 0 fully saturated rings. The molecule has 0 bridgehead atoms. The zero-order valence-electron chi connectivity index (χ0n) is 8.07. The fraction of sp³-hybridized carbons (Fsp3) is 0.556. The van der Waals surface area contributed by atoms with Crippen LogP contribution in [0.2, 0.25) is 0 Å². The van der Waals surface area contributed by atoms with Crippen LogP contribution >= 0.6 is 0 Å². The Morgan fingerprint density at radius 1 is 1.46 bits per heavy atom. The maximum Gasteiger partial charge on any atom is 0.220 e. The predicted molar refractivity (Wildman–Crippen MR) is 52.8 cm³/mol. The molecular formula is C9H16N4. The Balaban J connectivity index is 2.71. The van der Waals surface area contributed by atoms with E-state index < -0.39 is 0 Å². The average Bonchev–Trinajstić information content (AvgIpc) is 2.03. The maximum atomic E-state index is 5.92. The maximum absolute atomic E-state index is 5.92. The topological polar surface area (TPSA) is 77.8 Å². The highest BCUT2D eigenvalue weighted by molar-refractivity contribution is 5.19. The SMILES string of the molecule is CC(C)C[C@@H](N)c1ccnc(N)n1. The van der Waals surface area contributed by atoms with Gasteiger partial charge in [0.15, 0.2) is 0 Å². The number of hydrogen-bond acceptors (Lipinski definition) is 4. The van der Waals surface area contributed by atoms with E-state index in [4.69, 9.17) is 11.5 Å². The van der Waals surface area contributed by atoms with Crippen LogP contribution in [0.3, 0.4) is 0 Å². The lowest BCUT2D eigenvalue weighted by Crippen LogP contribution is -2.15. The molecule has 1 rings (SSSR count). The molecule has 0 aliphatic heterocycles. The average molecular weight is 180 g/mol. The quantitative estimate of drug-likeness (QED) is 0.730. The summed E-state index contributed by atoms with van der Waals surface area (Å²) in [6.45, 7) is 4.26. The van der Waals surface area contributed by atoms with Crippen molar-refractivity contribution in [2.75, 3.05) is 5.73 Å². The van der Waals surface area contributed by atoms with Crippen molar-refractivity contribution in [3.8, 4) is 0 Å². The fourth-order valence-electron chi connectivity index (χ4n) is 1.22. The molecular weight excluding hydrogens is 164 g/mol. The summed E-state index contributed by atoms with van der Waals surface area (Å²) in [5.74, 6) is 0.850. The van der Waals surface area contributed by atoms with Crippen molar-refractivity contribution >= 4 is 5.95 Å². The van der Waals surface area contributed by atoms with Gasteiger partial charge in [0, 0.05) is 12.2 Å². The van der Waals surface area contributed by atoms with E-state index in [-0.39, 0.29) is 12.0 Å². The molecule has 0 aromatic carbocycles. The first-order valence-corrected chi connectivity index (χ1v) is 4.43. The summed E-state index contributed by atoms with van der Waals surface area (Å²) in [6.07, 6.45) is 2.55. The normalized spacial score (nSPS) is 13.2. The van der Waals surface area contributed by atoms with E-state index in [0.717, 1.165) is 12.1 Å².